The molecule has 1 atom stereocenters. The molecule has 1 N–H and O–H groups in total. The minimum atomic E-state index is -0.317. The molecule has 13 heavy (non-hydrogen) atoms. The fourth-order valence-corrected chi connectivity index (χ4v) is 2.34. The van der Waals surface area contributed by atoms with Crippen LogP contribution in [0, 0.1) is 0 Å². The van der Waals surface area contributed by atoms with Crippen molar-refractivity contribution in [2.45, 2.75) is 31.8 Å². The molecule has 4 nitrogen and oxygen atoms in total. The molecular weight excluding hydrogens is 168 g/mol. The molecule has 2 rings (SSSR count). The first-order chi connectivity index (χ1) is 6.16. The Morgan fingerprint density at radius 2 is 2.31 bits per heavy atom. The third-order valence-electron chi connectivity index (χ3n) is 3.00. The molecule has 1 aliphatic carbocycles. The summed E-state index contributed by atoms with van der Waals surface area (Å²) in [5.41, 5.74) is -0.317. The van der Waals surface area contributed by atoms with Crippen LogP contribution in [0.4, 0.5) is 0 Å². The minimum absolute atomic E-state index is 0.0524. The molecule has 0 aromatic rings. The lowest BCUT2D eigenvalue weighted by Gasteiger charge is -2.32. The highest BCUT2D eigenvalue weighted by Crippen LogP contribution is 2.33. The van der Waals surface area contributed by atoms with Crippen molar-refractivity contribution in [3.63, 3.8) is 0 Å². The van der Waals surface area contributed by atoms with E-state index in [4.69, 9.17) is 0 Å². The van der Waals surface area contributed by atoms with Gasteiger partial charge in [-0.1, -0.05) is 6.92 Å². The van der Waals surface area contributed by atoms with Crippen molar-refractivity contribution in [1.29, 1.82) is 0 Å². The maximum absolute atomic E-state index is 11.2. The fraction of sp³-hybridized carbons (Fsp3) is 0.778. The second kappa shape index (κ2) is 2.80. The third-order valence-corrected chi connectivity index (χ3v) is 3.00. The molecule has 2 fully saturated rings. The number of hydrogen-bond donors (Lipinski definition) is 1. The van der Waals surface area contributed by atoms with Crippen LogP contribution >= 0.6 is 0 Å². The van der Waals surface area contributed by atoms with Crippen LogP contribution in [0.2, 0.25) is 0 Å². The first-order valence-corrected chi connectivity index (χ1v) is 4.74. The van der Waals surface area contributed by atoms with E-state index in [9.17, 15) is 9.59 Å². The Morgan fingerprint density at radius 3 is 2.85 bits per heavy atom. The summed E-state index contributed by atoms with van der Waals surface area (Å²) in [6.45, 7) is 3.29. The van der Waals surface area contributed by atoms with Gasteiger partial charge in [-0.2, -0.15) is 0 Å². The van der Waals surface area contributed by atoms with Crippen LogP contribution in [0.1, 0.15) is 26.2 Å². The van der Waals surface area contributed by atoms with Gasteiger partial charge in [0.2, 0.25) is 5.91 Å². The van der Waals surface area contributed by atoms with Gasteiger partial charge in [-0.3, -0.25) is 14.5 Å². The summed E-state index contributed by atoms with van der Waals surface area (Å²) in [7, 11) is 0. The number of likely N-dealkylation sites (N-methyl/N-ethyl adjacent to an activating group) is 1. The molecule has 1 saturated heterocycles. The number of nitrogens with zero attached hydrogens (tertiary/aromatic N) is 1. The van der Waals surface area contributed by atoms with Crippen LogP contribution in [0.3, 0.4) is 0 Å². The predicted octanol–water partition coefficient (Wildman–Crippen LogP) is -0.113. The average molecular weight is 182 g/mol. The van der Waals surface area contributed by atoms with Gasteiger partial charge >= 0.3 is 0 Å². The molecule has 2 aliphatic rings. The van der Waals surface area contributed by atoms with Crippen molar-refractivity contribution < 1.29 is 9.59 Å². The average Bonchev–Trinajstić information content (AvgIpc) is 2.57. The first kappa shape index (κ1) is 8.69. The van der Waals surface area contributed by atoms with Crippen LogP contribution in [0.15, 0.2) is 0 Å². The van der Waals surface area contributed by atoms with Crippen LogP contribution in [0.25, 0.3) is 0 Å². The van der Waals surface area contributed by atoms with Crippen LogP contribution < -0.4 is 5.32 Å². The molecule has 1 aliphatic heterocycles. The standard InChI is InChI=1S/C9H14N2O2/c1-2-11-6-8(13)10-9(11)4-3-7(12)5-9/h2-6H2,1H3,(H,10,13). The molecule has 1 amide bonds. The predicted molar refractivity (Wildman–Crippen MR) is 47.0 cm³/mol. The lowest BCUT2D eigenvalue weighted by molar-refractivity contribution is -0.119. The SMILES string of the molecule is CCN1CC(=O)NC12CCC(=O)C2. The number of rotatable bonds is 1. The molecule has 0 aromatic carbocycles. The zero-order valence-electron chi connectivity index (χ0n) is 7.80. The van der Waals surface area contributed by atoms with E-state index in [1.165, 1.54) is 0 Å². The van der Waals surface area contributed by atoms with E-state index in [0.29, 0.717) is 19.4 Å². The Bertz CT molecular complexity index is 260. The third kappa shape index (κ3) is 1.25. The number of Topliss-reactive ketones (excluding diaryl/α,β-unsaturated/α-hetero) is 1. The molecule has 1 spiro atoms. The summed E-state index contributed by atoms with van der Waals surface area (Å²) in [6.07, 6.45) is 1.88. The Labute approximate surface area is 77.3 Å². The Kier molecular flexibility index (Phi) is 1.87. The van der Waals surface area contributed by atoms with E-state index in [2.05, 4.69) is 10.2 Å². The van der Waals surface area contributed by atoms with E-state index in [1.54, 1.807) is 0 Å². The molecule has 4 heteroatoms. The van der Waals surface area contributed by atoms with Gasteiger partial charge in [-0.05, 0) is 13.0 Å². The van der Waals surface area contributed by atoms with Gasteiger partial charge in [0.15, 0.2) is 0 Å². The van der Waals surface area contributed by atoms with Crippen LogP contribution in [0.5, 0.6) is 0 Å². The van der Waals surface area contributed by atoms with Gasteiger partial charge in [-0.25, -0.2) is 0 Å². The number of hydrogen-bond acceptors (Lipinski definition) is 3. The Morgan fingerprint density at radius 1 is 1.54 bits per heavy atom. The highest BCUT2D eigenvalue weighted by Gasteiger charge is 2.48. The van der Waals surface area contributed by atoms with E-state index in [1.807, 2.05) is 6.92 Å². The topological polar surface area (TPSA) is 49.4 Å². The second-order valence-electron chi connectivity index (χ2n) is 3.81. The molecule has 0 bridgehead atoms. The van der Waals surface area contributed by atoms with E-state index < -0.39 is 0 Å². The van der Waals surface area contributed by atoms with Gasteiger partial charge in [0.25, 0.3) is 0 Å². The monoisotopic (exact) mass is 182 g/mol. The van der Waals surface area contributed by atoms with E-state index in [0.717, 1.165) is 13.0 Å². The maximum Gasteiger partial charge on any atom is 0.235 e. The number of carbonyl (C=O) groups is 2. The van der Waals surface area contributed by atoms with E-state index >= 15 is 0 Å². The normalized spacial score (nSPS) is 34.5. The van der Waals surface area contributed by atoms with Crippen LogP contribution in [-0.4, -0.2) is 35.3 Å². The Balaban J connectivity index is 2.21. The first-order valence-electron chi connectivity index (χ1n) is 4.74. The summed E-state index contributed by atoms with van der Waals surface area (Å²) in [6, 6.07) is 0. The van der Waals surface area contributed by atoms with Crippen molar-refractivity contribution >= 4 is 11.7 Å². The molecule has 1 unspecified atom stereocenters. The van der Waals surface area contributed by atoms with Gasteiger partial charge in [0.1, 0.15) is 11.4 Å². The van der Waals surface area contributed by atoms with Crippen molar-refractivity contribution in [2.75, 3.05) is 13.1 Å². The summed E-state index contributed by atoms with van der Waals surface area (Å²) in [4.78, 5) is 24.5. The maximum atomic E-state index is 11.2. The van der Waals surface area contributed by atoms with Crippen molar-refractivity contribution in [3.05, 3.63) is 0 Å². The minimum Gasteiger partial charge on any atom is -0.336 e. The smallest absolute Gasteiger partial charge is 0.235 e. The summed E-state index contributed by atoms with van der Waals surface area (Å²) >= 11 is 0. The number of carbonyl (C=O) groups excluding carboxylic acids is 2. The van der Waals surface area contributed by atoms with Gasteiger partial charge < -0.3 is 5.32 Å². The lowest BCUT2D eigenvalue weighted by atomic mass is 10.1. The molecule has 72 valence electrons. The highest BCUT2D eigenvalue weighted by molar-refractivity contribution is 5.87. The van der Waals surface area contributed by atoms with Crippen LogP contribution in [-0.2, 0) is 9.59 Å². The second-order valence-corrected chi connectivity index (χ2v) is 3.81. The molecule has 1 heterocycles. The van der Waals surface area contributed by atoms with Crippen molar-refractivity contribution in [1.82, 2.24) is 10.2 Å². The summed E-state index contributed by atoms with van der Waals surface area (Å²) < 4.78 is 0. The Hall–Kier alpha value is -0.900. The highest BCUT2D eigenvalue weighted by atomic mass is 16.2. The van der Waals surface area contributed by atoms with E-state index in [-0.39, 0.29) is 17.4 Å². The van der Waals surface area contributed by atoms with Gasteiger partial charge in [0, 0.05) is 12.8 Å². The summed E-state index contributed by atoms with van der Waals surface area (Å²) in [5.74, 6) is 0.317. The number of amides is 1. The number of nitrogens with one attached hydrogen (secondary N) is 1. The zero-order valence-corrected chi connectivity index (χ0v) is 7.80. The molecule has 0 aromatic heterocycles. The van der Waals surface area contributed by atoms with Gasteiger partial charge in [0.05, 0.1) is 6.54 Å². The van der Waals surface area contributed by atoms with Crippen molar-refractivity contribution in [3.8, 4) is 0 Å². The molecule has 1 saturated carbocycles. The van der Waals surface area contributed by atoms with Gasteiger partial charge in [-0.15, -0.1) is 0 Å². The zero-order chi connectivity index (χ0) is 9.47. The van der Waals surface area contributed by atoms with Crippen molar-refractivity contribution in [2.24, 2.45) is 0 Å². The molecule has 0 radical (unpaired) electrons. The lowest BCUT2D eigenvalue weighted by Crippen LogP contribution is -2.49. The largest absolute Gasteiger partial charge is 0.336 e. The quantitative estimate of drug-likeness (QED) is 0.615. The number of ketones is 1. The fourth-order valence-electron chi connectivity index (χ4n) is 2.34. The molecular formula is C9H14N2O2. The summed E-state index contributed by atoms with van der Waals surface area (Å²) in [5, 5.41) is 2.93.